The Morgan fingerprint density at radius 1 is 1.60 bits per heavy atom. The van der Waals surface area contributed by atoms with E-state index in [-0.39, 0.29) is 23.8 Å². The van der Waals surface area contributed by atoms with Crippen LogP contribution < -0.4 is 5.56 Å². The molecule has 0 aliphatic heterocycles. The maximum Gasteiger partial charge on any atom is 0.268 e. The largest absolute Gasteiger partial charge is 0.297 e. The van der Waals surface area contributed by atoms with Gasteiger partial charge in [-0.25, -0.2) is 4.98 Å². The van der Waals surface area contributed by atoms with Crippen molar-refractivity contribution in [2.45, 2.75) is 27.3 Å². The summed E-state index contributed by atoms with van der Waals surface area (Å²) in [5.41, 5.74) is -0.212. The van der Waals surface area contributed by atoms with Gasteiger partial charge in [0.1, 0.15) is 10.3 Å². The number of Topliss-reactive ketones (excluding diaryl/α,β-unsaturated/α-hetero) is 1. The van der Waals surface area contributed by atoms with Gasteiger partial charge < -0.3 is 0 Å². The van der Waals surface area contributed by atoms with Crippen molar-refractivity contribution in [1.82, 2.24) is 9.55 Å². The molecule has 0 radical (unpaired) electrons. The zero-order valence-electron chi connectivity index (χ0n) is 8.95. The molecule has 0 atom stereocenters. The van der Waals surface area contributed by atoms with Gasteiger partial charge >= 0.3 is 0 Å². The van der Waals surface area contributed by atoms with Crippen molar-refractivity contribution in [3.8, 4) is 0 Å². The van der Waals surface area contributed by atoms with Crippen LogP contribution in [0.2, 0.25) is 0 Å². The zero-order valence-corrected chi connectivity index (χ0v) is 10.5. The average molecular weight is 273 g/mol. The second-order valence-corrected chi connectivity index (χ2v) is 4.52. The molecule has 4 nitrogen and oxygen atoms in total. The third kappa shape index (κ3) is 2.75. The van der Waals surface area contributed by atoms with Gasteiger partial charge in [-0.1, -0.05) is 13.8 Å². The Morgan fingerprint density at radius 2 is 2.20 bits per heavy atom. The van der Waals surface area contributed by atoms with E-state index >= 15 is 0 Å². The normalized spacial score (nSPS) is 10.7. The van der Waals surface area contributed by atoms with Gasteiger partial charge in [-0.05, 0) is 22.9 Å². The molecule has 0 spiro atoms. The molecule has 0 amide bonds. The molecule has 0 unspecified atom stereocenters. The van der Waals surface area contributed by atoms with Crippen LogP contribution in [-0.4, -0.2) is 15.3 Å². The Hall–Kier alpha value is -0.970. The summed E-state index contributed by atoms with van der Waals surface area (Å²) in [7, 11) is 0. The topological polar surface area (TPSA) is 52.0 Å². The monoisotopic (exact) mass is 272 g/mol. The molecule has 0 saturated carbocycles. The van der Waals surface area contributed by atoms with E-state index in [1.165, 1.54) is 10.8 Å². The highest BCUT2D eigenvalue weighted by Crippen LogP contribution is 2.03. The van der Waals surface area contributed by atoms with E-state index in [2.05, 4.69) is 20.9 Å². The lowest BCUT2D eigenvalue weighted by atomic mass is 10.1. The van der Waals surface area contributed by atoms with E-state index in [0.29, 0.717) is 10.3 Å². The summed E-state index contributed by atoms with van der Waals surface area (Å²) >= 11 is 3.10. The lowest BCUT2D eigenvalue weighted by Gasteiger charge is -2.09. The first-order valence-corrected chi connectivity index (χ1v) is 5.47. The van der Waals surface area contributed by atoms with Gasteiger partial charge in [-0.3, -0.25) is 14.2 Å². The Bertz CT molecular complexity index is 438. The van der Waals surface area contributed by atoms with Gasteiger partial charge in [0.2, 0.25) is 0 Å². The standard InChI is InChI=1S/C10H13BrN2O2/c1-6(2)9(14)5-13-7(3)12-4-8(11)10(13)15/h4,6H,5H2,1-3H3. The van der Waals surface area contributed by atoms with Crippen molar-refractivity contribution in [2.24, 2.45) is 5.92 Å². The van der Waals surface area contributed by atoms with Gasteiger partial charge in [0.05, 0.1) is 6.54 Å². The fourth-order valence-corrected chi connectivity index (χ4v) is 1.39. The van der Waals surface area contributed by atoms with E-state index < -0.39 is 0 Å². The highest BCUT2D eigenvalue weighted by molar-refractivity contribution is 9.10. The smallest absolute Gasteiger partial charge is 0.268 e. The van der Waals surface area contributed by atoms with Crippen LogP contribution in [0.25, 0.3) is 0 Å². The van der Waals surface area contributed by atoms with Crippen LogP contribution in [0.3, 0.4) is 0 Å². The molecule has 1 aromatic rings. The summed E-state index contributed by atoms with van der Waals surface area (Å²) in [5, 5.41) is 0. The first kappa shape index (κ1) is 12.1. The number of carbonyl (C=O) groups is 1. The number of ketones is 1. The summed E-state index contributed by atoms with van der Waals surface area (Å²) in [6.07, 6.45) is 1.45. The highest BCUT2D eigenvalue weighted by Gasteiger charge is 2.12. The van der Waals surface area contributed by atoms with Crippen molar-refractivity contribution < 1.29 is 4.79 Å². The molecular formula is C10H13BrN2O2. The Balaban J connectivity index is 3.10. The minimum absolute atomic E-state index is 0.0279. The third-order valence-corrected chi connectivity index (χ3v) is 2.71. The summed E-state index contributed by atoms with van der Waals surface area (Å²) in [5.74, 6) is 0.507. The van der Waals surface area contributed by atoms with E-state index in [9.17, 15) is 9.59 Å². The SMILES string of the molecule is Cc1ncc(Br)c(=O)n1CC(=O)C(C)C. The molecule has 0 fully saturated rings. The van der Waals surface area contributed by atoms with E-state index in [4.69, 9.17) is 0 Å². The minimum atomic E-state index is -0.212. The molecule has 0 bridgehead atoms. The second-order valence-electron chi connectivity index (χ2n) is 3.67. The first-order valence-electron chi connectivity index (χ1n) is 4.68. The summed E-state index contributed by atoms with van der Waals surface area (Å²) in [6, 6.07) is 0. The maximum atomic E-state index is 11.7. The van der Waals surface area contributed by atoms with E-state index in [1.807, 2.05) is 13.8 Å². The minimum Gasteiger partial charge on any atom is -0.297 e. The molecule has 0 aromatic carbocycles. The number of hydrogen-bond acceptors (Lipinski definition) is 3. The van der Waals surface area contributed by atoms with Crippen LogP contribution in [-0.2, 0) is 11.3 Å². The van der Waals surface area contributed by atoms with Crippen LogP contribution >= 0.6 is 15.9 Å². The van der Waals surface area contributed by atoms with Gasteiger partial charge in [0.25, 0.3) is 5.56 Å². The first-order chi connectivity index (χ1) is 6.93. The predicted molar refractivity (Wildman–Crippen MR) is 60.8 cm³/mol. The molecule has 0 saturated heterocycles. The molecule has 1 heterocycles. The van der Waals surface area contributed by atoms with Crippen LogP contribution in [0.1, 0.15) is 19.7 Å². The Labute approximate surface area is 96.5 Å². The van der Waals surface area contributed by atoms with Gasteiger partial charge in [0.15, 0.2) is 5.78 Å². The number of aromatic nitrogens is 2. The van der Waals surface area contributed by atoms with Crippen molar-refractivity contribution in [1.29, 1.82) is 0 Å². The molecule has 1 aromatic heterocycles. The van der Waals surface area contributed by atoms with Gasteiger partial charge in [-0.2, -0.15) is 0 Å². The molecule has 0 aliphatic carbocycles. The van der Waals surface area contributed by atoms with Crippen molar-refractivity contribution in [3.63, 3.8) is 0 Å². The lowest BCUT2D eigenvalue weighted by molar-refractivity contribution is -0.122. The predicted octanol–water partition coefficient (Wildman–Crippen LogP) is 1.54. The quantitative estimate of drug-likeness (QED) is 0.839. The maximum absolute atomic E-state index is 11.7. The third-order valence-electron chi connectivity index (χ3n) is 2.16. The number of aryl methyl sites for hydroxylation is 1. The molecule has 5 heteroatoms. The van der Waals surface area contributed by atoms with E-state index in [1.54, 1.807) is 6.92 Å². The highest BCUT2D eigenvalue weighted by atomic mass is 79.9. The number of hydrogen-bond donors (Lipinski definition) is 0. The molecule has 15 heavy (non-hydrogen) atoms. The number of carbonyl (C=O) groups excluding carboxylic acids is 1. The number of rotatable bonds is 3. The van der Waals surface area contributed by atoms with Crippen molar-refractivity contribution in [2.75, 3.05) is 0 Å². The average Bonchev–Trinajstić information content (AvgIpc) is 2.18. The molecule has 0 aliphatic rings. The fraction of sp³-hybridized carbons (Fsp3) is 0.500. The van der Waals surface area contributed by atoms with E-state index in [0.717, 1.165) is 0 Å². The summed E-state index contributed by atoms with van der Waals surface area (Å²) in [4.78, 5) is 27.2. The molecule has 0 N–H and O–H groups in total. The number of halogens is 1. The van der Waals surface area contributed by atoms with Crippen LogP contribution in [0.15, 0.2) is 15.5 Å². The molecule has 82 valence electrons. The lowest BCUT2D eigenvalue weighted by Crippen LogP contribution is -2.29. The number of nitrogens with zero attached hydrogens (tertiary/aromatic N) is 2. The van der Waals surface area contributed by atoms with Gasteiger partial charge in [-0.15, -0.1) is 0 Å². The summed E-state index contributed by atoms with van der Waals surface area (Å²) < 4.78 is 1.76. The van der Waals surface area contributed by atoms with Crippen molar-refractivity contribution in [3.05, 3.63) is 26.8 Å². The molecule has 1 rings (SSSR count). The van der Waals surface area contributed by atoms with Crippen LogP contribution in [0.5, 0.6) is 0 Å². The summed E-state index contributed by atoms with van der Waals surface area (Å²) in [6.45, 7) is 5.43. The van der Waals surface area contributed by atoms with Crippen molar-refractivity contribution >= 4 is 21.7 Å². The zero-order chi connectivity index (χ0) is 11.6. The van der Waals surface area contributed by atoms with Crippen LogP contribution in [0.4, 0.5) is 0 Å². The Kier molecular flexibility index (Phi) is 3.79. The fourth-order valence-electron chi connectivity index (χ4n) is 1.08. The van der Waals surface area contributed by atoms with Crippen LogP contribution in [0, 0.1) is 12.8 Å². The Morgan fingerprint density at radius 3 is 2.73 bits per heavy atom. The molecular weight excluding hydrogens is 260 g/mol. The second kappa shape index (κ2) is 4.70. The van der Waals surface area contributed by atoms with Gasteiger partial charge in [0, 0.05) is 12.1 Å².